The molecule has 2 aliphatic carbocycles. The Morgan fingerprint density at radius 1 is 0.949 bits per heavy atom. The molecule has 0 spiro atoms. The number of ether oxygens (including phenoxy) is 2. The molecule has 1 atom stereocenters. The first-order valence-electron chi connectivity index (χ1n) is 13.6. The van der Waals surface area contributed by atoms with Gasteiger partial charge < -0.3 is 14.4 Å². The van der Waals surface area contributed by atoms with Gasteiger partial charge in [0, 0.05) is 22.6 Å². The first kappa shape index (κ1) is 26.6. The molecule has 4 heteroatoms. The maximum atomic E-state index is 11.6. The molecule has 5 rings (SSSR count). The molecule has 0 aromatic heterocycles. The van der Waals surface area contributed by atoms with E-state index >= 15 is 0 Å². The zero-order chi connectivity index (χ0) is 27.7. The van der Waals surface area contributed by atoms with E-state index in [0.29, 0.717) is 11.5 Å². The first-order valence-corrected chi connectivity index (χ1v) is 13.6. The number of esters is 1. The van der Waals surface area contributed by atoms with Crippen LogP contribution in [0.15, 0.2) is 91.0 Å². The average Bonchev–Trinajstić information content (AvgIpc) is 3.16. The maximum absolute atomic E-state index is 11.6. The molecule has 0 fully saturated rings. The average molecular weight is 520 g/mol. The molecule has 0 radical (unpaired) electrons. The third-order valence-electron chi connectivity index (χ3n) is 8.07. The number of benzene rings is 3. The number of allylic oxidation sites excluding steroid dienone is 4. The van der Waals surface area contributed by atoms with Gasteiger partial charge in [-0.3, -0.25) is 0 Å². The van der Waals surface area contributed by atoms with Crippen LogP contribution >= 0.6 is 0 Å². The Kier molecular flexibility index (Phi) is 7.22. The van der Waals surface area contributed by atoms with Crippen LogP contribution in [0.25, 0.3) is 5.57 Å². The van der Waals surface area contributed by atoms with E-state index in [1.807, 2.05) is 12.1 Å². The fourth-order valence-electron chi connectivity index (χ4n) is 5.65. The monoisotopic (exact) mass is 519 g/mol. The molecule has 1 unspecified atom stereocenters. The number of aryl methyl sites for hydroxylation is 2. The highest BCUT2D eigenvalue weighted by molar-refractivity contribution is 5.87. The van der Waals surface area contributed by atoms with Gasteiger partial charge in [-0.05, 0) is 115 Å². The number of hydrogen-bond donors (Lipinski definition) is 0. The van der Waals surface area contributed by atoms with Crippen molar-refractivity contribution in [2.75, 3.05) is 18.1 Å². The van der Waals surface area contributed by atoms with Gasteiger partial charge in [-0.25, -0.2) is 4.79 Å². The summed E-state index contributed by atoms with van der Waals surface area (Å²) in [4.78, 5) is 13.9. The van der Waals surface area contributed by atoms with Gasteiger partial charge in [-0.1, -0.05) is 50.8 Å². The summed E-state index contributed by atoms with van der Waals surface area (Å²) in [7, 11) is 0. The summed E-state index contributed by atoms with van der Waals surface area (Å²) in [6.45, 7) is 14.7. The Hall–Kier alpha value is -4.05. The number of carbonyl (C=O) groups is 1. The Balaban J connectivity index is 1.46. The summed E-state index contributed by atoms with van der Waals surface area (Å²) in [6, 6.07) is 21.6. The molecule has 2 aliphatic rings. The van der Waals surface area contributed by atoms with Crippen molar-refractivity contribution in [2.45, 2.75) is 46.5 Å². The molecular weight excluding hydrogens is 482 g/mol. The van der Waals surface area contributed by atoms with Crippen LogP contribution in [-0.2, 0) is 14.9 Å². The predicted octanol–water partition coefficient (Wildman–Crippen LogP) is 8.52. The molecule has 0 heterocycles. The topological polar surface area (TPSA) is 38.8 Å². The lowest BCUT2D eigenvalue weighted by molar-refractivity contribution is -0.139. The lowest BCUT2D eigenvalue weighted by Gasteiger charge is -2.30. The lowest BCUT2D eigenvalue weighted by atomic mass is 9.75. The summed E-state index contributed by atoms with van der Waals surface area (Å²) in [5, 5.41) is 0. The van der Waals surface area contributed by atoms with Gasteiger partial charge in [0.25, 0.3) is 0 Å². The quantitative estimate of drug-likeness (QED) is 0.170. The molecule has 39 heavy (non-hydrogen) atoms. The van der Waals surface area contributed by atoms with E-state index < -0.39 is 5.97 Å². The van der Waals surface area contributed by atoms with Gasteiger partial charge in [0.2, 0.25) is 0 Å². The molecular formula is C35H37NO3. The van der Waals surface area contributed by atoms with E-state index in [1.54, 1.807) is 6.92 Å². The largest absolute Gasteiger partial charge is 0.490 e. The van der Waals surface area contributed by atoms with Gasteiger partial charge in [-0.2, -0.15) is 0 Å². The van der Waals surface area contributed by atoms with E-state index in [9.17, 15) is 4.79 Å². The molecule has 0 bridgehead atoms. The third-order valence-corrected chi connectivity index (χ3v) is 8.07. The molecule has 3 aromatic rings. The maximum Gasteiger partial charge on any atom is 0.333 e. The van der Waals surface area contributed by atoms with Crippen molar-refractivity contribution in [3.63, 3.8) is 0 Å². The van der Waals surface area contributed by atoms with Crippen molar-refractivity contribution in [3.05, 3.63) is 113 Å². The van der Waals surface area contributed by atoms with Gasteiger partial charge in [0.1, 0.15) is 19.0 Å². The SMILES string of the molecule is C=C(C)C(=O)OCCOc1ccc(N(c2ccc(C)c(C)c2)c2ccc3c(c2)C(C)(C)C2CC=CC=C32)cc1. The van der Waals surface area contributed by atoms with Crippen LogP contribution in [0, 0.1) is 19.8 Å². The summed E-state index contributed by atoms with van der Waals surface area (Å²) < 4.78 is 11.0. The second-order valence-electron chi connectivity index (χ2n) is 11.2. The predicted molar refractivity (Wildman–Crippen MR) is 160 cm³/mol. The van der Waals surface area contributed by atoms with Crippen LogP contribution in [0.1, 0.15) is 49.4 Å². The van der Waals surface area contributed by atoms with Crippen LogP contribution < -0.4 is 9.64 Å². The number of rotatable bonds is 8. The number of anilines is 3. The van der Waals surface area contributed by atoms with Crippen molar-refractivity contribution < 1.29 is 14.3 Å². The summed E-state index contributed by atoms with van der Waals surface area (Å²) >= 11 is 0. The molecule has 0 N–H and O–H groups in total. The summed E-state index contributed by atoms with van der Waals surface area (Å²) in [5.41, 5.74) is 10.5. The van der Waals surface area contributed by atoms with Gasteiger partial charge in [0.05, 0.1) is 0 Å². The second kappa shape index (κ2) is 10.6. The Morgan fingerprint density at radius 2 is 1.64 bits per heavy atom. The highest BCUT2D eigenvalue weighted by Gasteiger charge is 2.42. The van der Waals surface area contributed by atoms with Crippen LogP contribution in [0.3, 0.4) is 0 Å². The minimum atomic E-state index is -0.401. The molecule has 0 saturated carbocycles. The van der Waals surface area contributed by atoms with Crippen LogP contribution in [0.2, 0.25) is 0 Å². The van der Waals surface area contributed by atoms with Crippen LogP contribution in [-0.4, -0.2) is 19.2 Å². The van der Waals surface area contributed by atoms with Gasteiger partial charge in [-0.15, -0.1) is 0 Å². The van der Waals surface area contributed by atoms with Crippen molar-refractivity contribution in [2.24, 2.45) is 5.92 Å². The first-order chi connectivity index (χ1) is 18.7. The highest BCUT2D eigenvalue weighted by Crippen LogP contribution is 2.54. The Labute approximate surface area is 232 Å². The second-order valence-corrected chi connectivity index (χ2v) is 11.2. The van der Waals surface area contributed by atoms with Crippen LogP contribution in [0.4, 0.5) is 17.1 Å². The van der Waals surface area contributed by atoms with Gasteiger partial charge >= 0.3 is 5.97 Å². The van der Waals surface area contributed by atoms with E-state index in [1.165, 1.54) is 27.8 Å². The van der Waals surface area contributed by atoms with Gasteiger partial charge in [0.15, 0.2) is 0 Å². The third kappa shape index (κ3) is 5.16. The molecule has 200 valence electrons. The number of hydrogen-bond acceptors (Lipinski definition) is 4. The van der Waals surface area contributed by atoms with Crippen molar-refractivity contribution in [1.29, 1.82) is 0 Å². The highest BCUT2D eigenvalue weighted by atomic mass is 16.6. The lowest BCUT2D eigenvalue weighted by Crippen LogP contribution is -2.24. The fourth-order valence-corrected chi connectivity index (χ4v) is 5.65. The minimum Gasteiger partial charge on any atom is -0.490 e. The number of carbonyl (C=O) groups excluding carboxylic acids is 1. The number of fused-ring (bicyclic) bond motifs is 3. The Bertz CT molecular complexity index is 1480. The molecule has 3 aromatic carbocycles. The fraction of sp³-hybridized carbons (Fsp3) is 0.286. The smallest absolute Gasteiger partial charge is 0.333 e. The summed E-state index contributed by atoms with van der Waals surface area (Å²) in [5.74, 6) is 0.833. The molecule has 4 nitrogen and oxygen atoms in total. The van der Waals surface area contributed by atoms with Crippen molar-refractivity contribution in [3.8, 4) is 5.75 Å². The summed E-state index contributed by atoms with van der Waals surface area (Å²) in [6.07, 6.45) is 7.86. The van der Waals surface area contributed by atoms with E-state index in [0.717, 1.165) is 29.2 Å². The van der Waals surface area contributed by atoms with Crippen LogP contribution in [0.5, 0.6) is 5.75 Å². The molecule has 0 amide bonds. The Morgan fingerprint density at radius 3 is 2.36 bits per heavy atom. The number of nitrogens with zero attached hydrogens (tertiary/aromatic N) is 1. The normalized spacial score (nSPS) is 16.6. The standard InChI is InChI=1S/C35H37NO3/c1-23(2)34(37)39-20-19-38-29-16-13-26(14-17-29)36(27-12-11-24(3)25(4)21-27)28-15-18-31-30-9-7-8-10-32(30)35(5,6)33(31)22-28/h7-9,11-18,21-22,32H,1,10,19-20H2,2-6H3. The molecule has 0 aliphatic heterocycles. The zero-order valence-electron chi connectivity index (χ0n) is 23.6. The van der Waals surface area contributed by atoms with E-state index in [-0.39, 0.29) is 18.6 Å². The zero-order valence-corrected chi connectivity index (χ0v) is 23.6. The van der Waals surface area contributed by atoms with E-state index in [4.69, 9.17) is 9.47 Å². The van der Waals surface area contributed by atoms with Crippen molar-refractivity contribution >= 4 is 28.6 Å². The minimum absolute atomic E-state index is 0.0576. The van der Waals surface area contributed by atoms with E-state index in [2.05, 4.69) is 106 Å². The molecule has 0 saturated heterocycles. The van der Waals surface area contributed by atoms with Crippen molar-refractivity contribution in [1.82, 2.24) is 0 Å².